The highest BCUT2D eigenvalue weighted by atomic mass is 19.4. The Labute approximate surface area is 97.9 Å². The smallest absolute Gasteiger partial charge is 0.342 e. The topological polar surface area (TPSA) is 28.7 Å². The van der Waals surface area contributed by atoms with Gasteiger partial charge in [0.1, 0.15) is 5.82 Å². The van der Waals surface area contributed by atoms with Crippen molar-refractivity contribution in [2.45, 2.75) is 33.4 Å². The lowest BCUT2D eigenvalue weighted by Gasteiger charge is -2.05. The second-order valence-electron chi connectivity index (χ2n) is 3.66. The molecule has 5 heteroatoms. The van der Waals surface area contributed by atoms with E-state index in [1.165, 1.54) is 6.07 Å². The van der Waals surface area contributed by atoms with Gasteiger partial charge in [-0.2, -0.15) is 13.2 Å². The zero-order valence-electron chi connectivity index (χ0n) is 8.73. The molecule has 2 rings (SSSR count). The van der Waals surface area contributed by atoms with Crippen LogP contribution in [0, 0.1) is 0 Å². The van der Waals surface area contributed by atoms with Crippen molar-refractivity contribution in [2.24, 2.45) is 0 Å². The van der Waals surface area contributed by atoms with Crippen molar-refractivity contribution in [2.75, 3.05) is 0 Å². The van der Waals surface area contributed by atoms with Gasteiger partial charge < -0.3 is 4.98 Å². The normalized spacial score (nSPS) is 11.5. The Morgan fingerprint density at radius 3 is 2.59 bits per heavy atom. The number of H-pyrrole nitrogens is 1. The number of rotatable bonds is 2. The molecule has 0 aliphatic rings. The lowest BCUT2D eigenvalue weighted by molar-refractivity contribution is -0.137. The van der Waals surface area contributed by atoms with Crippen LogP contribution in [0.3, 0.4) is 0 Å². The van der Waals surface area contributed by atoms with E-state index in [4.69, 9.17) is 0 Å². The molecule has 2 nitrogen and oxygen atoms in total. The first-order valence-corrected chi connectivity index (χ1v) is 5.06. The maximum atomic E-state index is 12.4. The Kier molecular flexibility index (Phi) is 3.80. The van der Waals surface area contributed by atoms with Crippen molar-refractivity contribution in [1.29, 1.82) is 0 Å². The Bertz CT molecular complexity index is 500. The number of nitrogens with one attached hydrogen (secondary N) is 1. The second-order valence-corrected chi connectivity index (χ2v) is 3.66. The third-order valence-electron chi connectivity index (χ3n) is 2.35. The minimum absolute atomic E-state index is 0. The van der Waals surface area contributed by atoms with Gasteiger partial charge in [-0.3, -0.25) is 0 Å². The number of hydrogen-bond donors (Lipinski definition) is 1. The maximum absolute atomic E-state index is 12.4. The number of fused-ring (bicyclic) bond motifs is 1. The van der Waals surface area contributed by atoms with Crippen LogP contribution >= 0.6 is 0 Å². The van der Waals surface area contributed by atoms with Gasteiger partial charge in [0.2, 0.25) is 0 Å². The molecule has 2 aromatic rings. The zero-order chi connectivity index (χ0) is 11.8. The van der Waals surface area contributed by atoms with Crippen LogP contribution in [0.15, 0.2) is 18.2 Å². The third kappa shape index (κ3) is 2.78. The number of alkyl halides is 3. The molecule has 1 aromatic heterocycles. The number of aryl methyl sites for hydroxylation is 1. The van der Waals surface area contributed by atoms with Gasteiger partial charge in [0, 0.05) is 6.42 Å². The molecule has 94 valence electrons. The van der Waals surface area contributed by atoms with Gasteiger partial charge in [-0.05, 0) is 24.6 Å². The number of nitrogens with zero attached hydrogens (tertiary/aromatic N) is 1. The summed E-state index contributed by atoms with van der Waals surface area (Å²) in [6, 6.07) is 3.55. The lowest BCUT2D eigenvalue weighted by Crippen LogP contribution is -2.04. The molecular formula is C12H15F3N2. The predicted molar refractivity (Wildman–Crippen MR) is 61.8 cm³/mol. The molecule has 0 aliphatic carbocycles. The molecule has 0 aliphatic heterocycles. The van der Waals surface area contributed by atoms with E-state index in [9.17, 15) is 13.2 Å². The number of imidazole rings is 1. The quantitative estimate of drug-likeness (QED) is 0.843. The number of aromatic amines is 1. The molecular weight excluding hydrogens is 229 g/mol. The molecule has 0 radical (unpaired) electrons. The number of hydrogen-bond acceptors (Lipinski definition) is 1. The van der Waals surface area contributed by atoms with Crippen molar-refractivity contribution in [3.8, 4) is 0 Å². The van der Waals surface area contributed by atoms with Crippen LogP contribution < -0.4 is 0 Å². The average molecular weight is 244 g/mol. The fourth-order valence-electron chi connectivity index (χ4n) is 1.59. The van der Waals surface area contributed by atoms with E-state index in [-0.39, 0.29) is 7.43 Å². The van der Waals surface area contributed by atoms with Crippen LogP contribution in [0.2, 0.25) is 0 Å². The first-order chi connectivity index (χ1) is 7.50. The summed E-state index contributed by atoms with van der Waals surface area (Å²) >= 11 is 0. The highest BCUT2D eigenvalue weighted by molar-refractivity contribution is 5.76. The molecule has 1 heterocycles. The van der Waals surface area contributed by atoms with E-state index in [0.717, 1.165) is 30.8 Å². The monoisotopic (exact) mass is 244 g/mol. The zero-order valence-corrected chi connectivity index (χ0v) is 8.73. The first kappa shape index (κ1) is 13.5. The molecule has 0 spiro atoms. The Hall–Kier alpha value is -1.52. The van der Waals surface area contributed by atoms with Crippen LogP contribution in [0.1, 0.15) is 32.2 Å². The highest BCUT2D eigenvalue weighted by Gasteiger charge is 2.30. The van der Waals surface area contributed by atoms with Crippen molar-refractivity contribution in [3.63, 3.8) is 0 Å². The fourth-order valence-corrected chi connectivity index (χ4v) is 1.59. The van der Waals surface area contributed by atoms with Crippen molar-refractivity contribution < 1.29 is 13.2 Å². The van der Waals surface area contributed by atoms with Crippen LogP contribution in [-0.4, -0.2) is 9.97 Å². The summed E-state index contributed by atoms with van der Waals surface area (Å²) in [6.07, 6.45) is -2.65. The molecule has 1 N–H and O–H groups in total. The van der Waals surface area contributed by atoms with Gasteiger partial charge in [0.05, 0.1) is 16.6 Å². The molecule has 1 aromatic carbocycles. The second kappa shape index (κ2) is 4.77. The minimum atomic E-state index is -4.30. The highest BCUT2D eigenvalue weighted by Crippen LogP contribution is 2.30. The molecule has 0 atom stereocenters. The summed E-state index contributed by atoms with van der Waals surface area (Å²) < 4.78 is 37.3. The summed E-state index contributed by atoms with van der Waals surface area (Å²) in [5, 5.41) is 0. The lowest BCUT2D eigenvalue weighted by atomic mass is 10.2. The SMILES string of the molecule is C.CCCc1nc2ccc(C(F)(F)F)cc2[nH]1. The van der Waals surface area contributed by atoms with Gasteiger partial charge in [-0.1, -0.05) is 14.4 Å². The third-order valence-corrected chi connectivity index (χ3v) is 2.35. The Morgan fingerprint density at radius 1 is 1.29 bits per heavy atom. The van der Waals surface area contributed by atoms with E-state index in [1.54, 1.807) is 0 Å². The fraction of sp³-hybridized carbons (Fsp3) is 0.417. The van der Waals surface area contributed by atoms with Crippen LogP contribution in [0.5, 0.6) is 0 Å². The largest absolute Gasteiger partial charge is 0.416 e. The summed E-state index contributed by atoms with van der Waals surface area (Å²) in [5.74, 6) is 0.733. The van der Waals surface area contributed by atoms with Gasteiger partial charge in [-0.25, -0.2) is 4.98 Å². The van der Waals surface area contributed by atoms with Crippen molar-refractivity contribution in [1.82, 2.24) is 9.97 Å². The van der Waals surface area contributed by atoms with Crippen LogP contribution in [0.25, 0.3) is 11.0 Å². The average Bonchev–Trinajstić information content (AvgIpc) is 2.57. The molecule has 0 saturated heterocycles. The molecule has 0 bridgehead atoms. The van der Waals surface area contributed by atoms with E-state index in [1.807, 2.05) is 6.92 Å². The number of halogens is 3. The van der Waals surface area contributed by atoms with E-state index in [2.05, 4.69) is 9.97 Å². The summed E-state index contributed by atoms with van der Waals surface area (Å²) in [5.41, 5.74) is 0.376. The Morgan fingerprint density at radius 2 is 2.00 bits per heavy atom. The summed E-state index contributed by atoms with van der Waals surface area (Å²) in [6.45, 7) is 1.99. The van der Waals surface area contributed by atoms with Crippen LogP contribution in [0.4, 0.5) is 13.2 Å². The van der Waals surface area contributed by atoms with Crippen molar-refractivity contribution >= 4 is 11.0 Å². The van der Waals surface area contributed by atoms with Crippen LogP contribution in [-0.2, 0) is 12.6 Å². The van der Waals surface area contributed by atoms with E-state index >= 15 is 0 Å². The number of aromatic nitrogens is 2. The molecule has 0 unspecified atom stereocenters. The van der Waals surface area contributed by atoms with Gasteiger partial charge in [0.15, 0.2) is 0 Å². The minimum Gasteiger partial charge on any atom is -0.342 e. The van der Waals surface area contributed by atoms with Gasteiger partial charge >= 0.3 is 6.18 Å². The van der Waals surface area contributed by atoms with E-state index < -0.39 is 11.7 Å². The van der Waals surface area contributed by atoms with Crippen molar-refractivity contribution in [3.05, 3.63) is 29.6 Å². The summed E-state index contributed by atoms with van der Waals surface area (Å²) in [4.78, 5) is 7.10. The standard InChI is InChI=1S/C11H11F3N2.CH4/c1-2-3-10-15-8-5-4-7(11(12,13)14)6-9(8)16-10;/h4-6H,2-3H2,1H3,(H,15,16);1H4. The number of benzene rings is 1. The molecule has 0 fully saturated rings. The van der Waals surface area contributed by atoms with Gasteiger partial charge in [-0.15, -0.1) is 0 Å². The van der Waals surface area contributed by atoms with E-state index in [0.29, 0.717) is 11.0 Å². The molecule has 17 heavy (non-hydrogen) atoms. The van der Waals surface area contributed by atoms with Gasteiger partial charge in [0.25, 0.3) is 0 Å². The first-order valence-electron chi connectivity index (χ1n) is 5.06. The predicted octanol–water partition coefficient (Wildman–Crippen LogP) is 4.17. The Balaban J connectivity index is 0.00000144. The maximum Gasteiger partial charge on any atom is 0.416 e. The molecule has 0 amide bonds. The molecule has 0 saturated carbocycles. The summed E-state index contributed by atoms with van der Waals surface area (Å²) in [7, 11) is 0.